The van der Waals surface area contributed by atoms with Gasteiger partial charge in [-0.3, -0.25) is 4.79 Å². The first-order chi connectivity index (χ1) is 4.55. The van der Waals surface area contributed by atoms with Gasteiger partial charge in [-0.15, -0.1) is 0 Å². The Morgan fingerprint density at radius 1 is 1.50 bits per heavy atom. The highest BCUT2D eigenvalue weighted by Crippen LogP contribution is 2.46. The van der Waals surface area contributed by atoms with E-state index in [4.69, 9.17) is 10.8 Å². The monoisotopic (exact) mass is 143 g/mol. The molecule has 3 atom stereocenters. The molecule has 3 unspecified atom stereocenters. The molecule has 0 aliphatic heterocycles. The van der Waals surface area contributed by atoms with Gasteiger partial charge in [0.1, 0.15) is 6.04 Å². The molecule has 10 heavy (non-hydrogen) atoms. The third kappa shape index (κ3) is 1.01. The van der Waals surface area contributed by atoms with Crippen molar-refractivity contribution in [2.45, 2.75) is 19.9 Å². The van der Waals surface area contributed by atoms with Crippen molar-refractivity contribution >= 4 is 5.97 Å². The highest BCUT2D eigenvalue weighted by Gasteiger charge is 2.48. The van der Waals surface area contributed by atoms with Crippen LogP contribution in [0, 0.1) is 17.8 Å². The Labute approximate surface area is 60.2 Å². The minimum absolute atomic E-state index is 0.206. The molecule has 58 valence electrons. The third-order valence-electron chi connectivity index (χ3n) is 2.60. The van der Waals surface area contributed by atoms with Gasteiger partial charge < -0.3 is 10.8 Å². The minimum Gasteiger partial charge on any atom is -0.480 e. The van der Waals surface area contributed by atoms with Crippen LogP contribution in [0.2, 0.25) is 0 Å². The van der Waals surface area contributed by atoms with E-state index in [1.165, 1.54) is 0 Å². The van der Waals surface area contributed by atoms with Gasteiger partial charge in [0.25, 0.3) is 0 Å². The number of hydrogen-bond acceptors (Lipinski definition) is 2. The molecule has 0 aromatic carbocycles. The van der Waals surface area contributed by atoms with Gasteiger partial charge in [0.2, 0.25) is 0 Å². The fraction of sp³-hybridized carbons (Fsp3) is 0.857. The fourth-order valence-electron chi connectivity index (χ4n) is 1.52. The van der Waals surface area contributed by atoms with Crippen molar-refractivity contribution in [2.24, 2.45) is 23.5 Å². The molecule has 0 bridgehead atoms. The Morgan fingerprint density at radius 2 is 1.90 bits per heavy atom. The Morgan fingerprint density at radius 3 is 2.00 bits per heavy atom. The predicted molar refractivity (Wildman–Crippen MR) is 37.4 cm³/mol. The summed E-state index contributed by atoms with van der Waals surface area (Å²) in [6.07, 6.45) is 0. The van der Waals surface area contributed by atoms with Crippen molar-refractivity contribution in [2.75, 3.05) is 0 Å². The summed E-state index contributed by atoms with van der Waals surface area (Å²) >= 11 is 0. The van der Waals surface area contributed by atoms with E-state index in [0.717, 1.165) is 0 Å². The van der Waals surface area contributed by atoms with E-state index in [1.807, 2.05) is 13.8 Å². The normalized spacial score (nSPS) is 40.9. The molecule has 0 saturated heterocycles. The van der Waals surface area contributed by atoms with Crippen LogP contribution in [-0.2, 0) is 4.79 Å². The summed E-state index contributed by atoms with van der Waals surface area (Å²) in [6.45, 7) is 4.08. The lowest BCUT2D eigenvalue weighted by Gasteiger charge is -2.02. The Bertz CT molecular complexity index is 150. The van der Waals surface area contributed by atoms with Crippen molar-refractivity contribution in [1.82, 2.24) is 0 Å². The number of carboxylic acids is 1. The number of hydrogen-bond donors (Lipinski definition) is 2. The second kappa shape index (κ2) is 2.23. The standard InChI is InChI=1S/C7H13NO2/c1-3-4(2)5(3)6(8)7(9)10/h3-6H,8H2,1-2H3,(H,9,10). The maximum atomic E-state index is 10.3. The van der Waals surface area contributed by atoms with Crippen molar-refractivity contribution in [1.29, 1.82) is 0 Å². The van der Waals surface area contributed by atoms with Crippen molar-refractivity contribution in [3.63, 3.8) is 0 Å². The van der Waals surface area contributed by atoms with Crippen molar-refractivity contribution in [3.05, 3.63) is 0 Å². The van der Waals surface area contributed by atoms with E-state index >= 15 is 0 Å². The van der Waals surface area contributed by atoms with Crippen molar-refractivity contribution in [3.8, 4) is 0 Å². The Kier molecular flexibility index (Phi) is 1.68. The molecule has 1 fully saturated rings. The SMILES string of the molecule is CC1C(C)C1C(N)C(=O)O. The number of carbonyl (C=O) groups is 1. The molecule has 3 N–H and O–H groups in total. The number of aliphatic carboxylic acids is 1. The molecule has 1 saturated carbocycles. The Hall–Kier alpha value is -0.570. The summed E-state index contributed by atoms with van der Waals surface area (Å²) < 4.78 is 0. The predicted octanol–water partition coefficient (Wildman–Crippen LogP) is 0.300. The summed E-state index contributed by atoms with van der Waals surface area (Å²) in [5.74, 6) is 0.316. The van der Waals surface area contributed by atoms with Crippen LogP contribution >= 0.6 is 0 Å². The van der Waals surface area contributed by atoms with Crippen LogP contribution in [0.1, 0.15) is 13.8 Å². The topological polar surface area (TPSA) is 63.3 Å². The average Bonchev–Trinajstić information content (AvgIpc) is 2.40. The van der Waals surface area contributed by atoms with E-state index in [1.54, 1.807) is 0 Å². The van der Waals surface area contributed by atoms with Gasteiger partial charge in [-0.2, -0.15) is 0 Å². The molecular weight excluding hydrogens is 130 g/mol. The van der Waals surface area contributed by atoms with Gasteiger partial charge >= 0.3 is 5.97 Å². The lowest BCUT2D eigenvalue weighted by atomic mass is 10.1. The van der Waals surface area contributed by atoms with Crippen LogP contribution in [0.25, 0.3) is 0 Å². The second-order valence-corrected chi connectivity index (χ2v) is 3.16. The average molecular weight is 143 g/mol. The van der Waals surface area contributed by atoms with Crippen LogP contribution in [0.4, 0.5) is 0 Å². The zero-order valence-corrected chi connectivity index (χ0v) is 6.24. The molecule has 1 aliphatic carbocycles. The van der Waals surface area contributed by atoms with E-state index < -0.39 is 12.0 Å². The molecule has 1 rings (SSSR count). The lowest BCUT2D eigenvalue weighted by molar-refractivity contribution is -0.139. The van der Waals surface area contributed by atoms with Gasteiger partial charge in [0, 0.05) is 0 Å². The molecule has 0 aromatic heterocycles. The van der Waals surface area contributed by atoms with Crippen molar-refractivity contribution < 1.29 is 9.90 Å². The van der Waals surface area contributed by atoms with Crippen LogP contribution in [0.15, 0.2) is 0 Å². The summed E-state index contributed by atoms with van der Waals surface area (Å²) in [5.41, 5.74) is 5.40. The maximum Gasteiger partial charge on any atom is 0.320 e. The molecule has 1 aliphatic rings. The van der Waals surface area contributed by atoms with Crippen LogP contribution in [-0.4, -0.2) is 17.1 Å². The molecule has 3 heteroatoms. The molecule has 0 heterocycles. The first-order valence-electron chi connectivity index (χ1n) is 3.54. The highest BCUT2D eigenvalue weighted by molar-refractivity contribution is 5.74. The van der Waals surface area contributed by atoms with Crippen LogP contribution < -0.4 is 5.73 Å². The Balaban J connectivity index is 2.45. The highest BCUT2D eigenvalue weighted by atomic mass is 16.4. The zero-order valence-electron chi connectivity index (χ0n) is 6.24. The first kappa shape index (κ1) is 7.54. The zero-order chi connectivity index (χ0) is 7.89. The summed E-state index contributed by atoms with van der Waals surface area (Å²) in [7, 11) is 0. The number of rotatable bonds is 2. The number of carboxylic acid groups (broad SMARTS) is 1. The van der Waals surface area contributed by atoms with Crippen LogP contribution in [0.5, 0.6) is 0 Å². The van der Waals surface area contributed by atoms with E-state index in [0.29, 0.717) is 11.8 Å². The molecule has 0 amide bonds. The van der Waals surface area contributed by atoms with Gasteiger partial charge in [-0.1, -0.05) is 13.8 Å². The molecule has 0 spiro atoms. The largest absolute Gasteiger partial charge is 0.480 e. The second-order valence-electron chi connectivity index (χ2n) is 3.16. The quantitative estimate of drug-likeness (QED) is 0.584. The van der Waals surface area contributed by atoms with E-state index in [9.17, 15) is 4.79 Å². The van der Waals surface area contributed by atoms with Crippen LogP contribution in [0.3, 0.4) is 0 Å². The van der Waals surface area contributed by atoms with Gasteiger partial charge in [-0.25, -0.2) is 0 Å². The molecule has 3 nitrogen and oxygen atoms in total. The smallest absolute Gasteiger partial charge is 0.320 e. The maximum absolute atomic E-state index is 10.3. The third-order valence-corrected chi connectivity index (χ3v) is 2.60. The van der Waals surface area contributed by atoms with Gasteiger partial charge in [0.15, 0.2) is 0 Å². The lowest BCUT2D eigenvalue weighted by Crippen LogP contribution is -2.33. The summed E-state index contributed by atoms with van der Waals surface area (Å²) in [4.78, 5) is 10.3. The molecule has 0 radical (unpaired) electrons. The number of nitrogens with two attached hydrogens (primary N) is 1. The fourth-order valence-corrected chi connectivity index (χ4v) is 1.52. The molecule has 0 aromatic rings. The minimum atomic E-state index is -0.874. The summed E-state index contributed by atoms with van der Waals surface area (Å²) in [5, 5.41) is 8.50. The van der Waals surface area contributed by atoms with Gasteiger partial charge in [-0.05, 0) is 17.8 Å². The van der Waals surface area contributed by atoms with E-state index in [2.05, 4.69) is 0 Å². The van der Waals surface area contributed by atoms with E-state index in [-0.39, 0.29) is 5.92 Å². The summed E-state index contributed by atoms with van der Waals surface area (Å²) in [6, 6.07) is -0.648. The van der Waals surface area contributed by atoms with Gasteiger partial charge in [0.05, 0.1) is 0 Å². The first-order valence-corrected chi connectivity index (χ1v) is 3.54. The molecular formula is C7H13NO2.